The molecular formula is C28H40O3. The Labute approximate surface area is 189 Å². The Kier molecular flexibility index (Phi) is 8.48. The Morgan fingerprint density at radius 2 is 1.35 bits per heavy atom. The van der Waals surface area contributed by atoms with Crippen LogP contribution in [0.15, 0.2) is 60.7 Å². The van der Waals surface area contributed by atoms with Crippen LogP contribution in [-0.2, 0) is 27.3 Å². The Hall–Kier alpha value is -2.13. The smallest absolute Gasteiger partial charge is 0.314 e. The lowest BCUT2D eigenvalue weighted by Gasteiger charge is -2.44. The lowest BCUT2D eigenvalue weighted by atomic mass is 9.60. The SMILES string of the molecule is CCC(C)(C)CC(C)(C(=O)OC(Cc1ccccc1)OCc1ccccc1)C(C)(C)C. The second kappa shape index (κ2) is 10.5. The Morgan fingerprint density at radius 1 is 0.839 bits per heavy atom. The monoisotopic (exact) mass is 424 g/mol. The average molecular weight is 425 g/mol. The highest BCUT2D eigenvalue weighted by molar-refractivity contribution is 5.77. The van der Waals surface area contributed by atoms with Crippen LogP contribution in [0.2, 0.25) is 0 Å². The molecule has 3 nitrogen and oxygen atoms in total. The van der Waals surface area contributed by atoms with E-state index in [1.54, 1.807) is 0 Å². The minimum absolute atomic E-state index is 0.0425. The van der Waals surface area contributed by atoms with E-state index in [0.717, 1.165) is 24.0 Å². The van der Waals surface area contributed by atoms with Crippen molar-refractivity contribution < 1.29 is 14.3 Å². The molecule has 0 spiro atoms. The van der Waals surface area contributed by atoms with Crippen LogP contribution in [0, 0.1) is 16.2 Å². The molecule has 2 atom stereocenters. The van der Waals surface area contributed by atoms with Gasteiger partial charge in [0.2, 0.25) is 6.29 Å². The second-order valence-electron chi connectivity index (χ2n) is 10.6. The summed E-state index contributed by atoms with van der Waals surface area (Å²) in [5.74, 6) is -0.185. The van der Waals surface area contributed by atoms with Crippen molar-refractivity contribution in [3.05, 3.63) is 71.8 Å². The minimum atomic E-state index is -0.637. The standard InChI is InChI=1S/C28H40O3/c1-8-27(5,6)21-28(7,26(2,3)4)25(29)31-24(19-22-15-11-9-12-16-22)30-20-23-17-13-10-14-18-23/h9-18,24H,8,19-21H2,1-7H3. The zero-order valence-corrected chi connectivity index (χ0v) is 20.4. The number of carbonyl (C=O) groups is 1. The molecule has 0 saturated carbocycles. The summed E-state index contributed by atoms with van der Waals surface area (Å²) in [5, 5.41) is 0. The number of benzene rings is 2. The summed E-state index contributed by atoms with van der Waals surface area (Å²) in [4.78, 5) is 13.6. The molecular weight excluding hydrogens is 384 g/mol. The predicted octanol–water partition coefficient (Wildman–Crippen LogP) is 7.19. The fourth-order valence-electron chi connectivity index (χ4n) is 3.68. The van der Waals surface area contributed by atoms with E-state index in [9.17, 15) is 4.79 Å². The van der Waals surface area contributed by atoms with Gasteiger partial charge in [0.1, 0.15) is 0 Å². The molecule has 0 aliphatic heterocycles. The van der Waals surface area contributed by atoms with Gasteiger partial charge in [-0.05, 0) is 35.3 Å². The van der Waals surface area contributed by atoms with E-state index in [1.807, 2.05) is 67.6 Å². The van der Waals surface area contributed by atoms with Crippen molar-refractivity contribution in [2.75, 3.05) is 0 Å². The summed E-state index contributed by atoms with van der Waals surface area (Å²) in [6, 6.07) is 20.0. The first-order valence-electron chi connectivity index (χ1n) is 11.4. The Balaban J connectivity index is 2.23. The molecule has 0 N–H and O–H groups in total. The Morgan fingerprint density at radius 3 is 1.84 bits per heavy atom. The fraction of sp³-hybridized carbons (Fsp3) is 0.536. The first-order valence-corrected chi connectivity index (χ1v) is 11.4. The van der Waals surface area contributed by atoms with Gasteiger partial charge in [-0.15, -0.1) is 0 Å². The molecule has 0 radical (unpaired) electrons. The van der Waals surface area contributed by atoms with Gasteiger partial charge >= 0.3 is 5.97 Å². The molecule has 2 rings (SSSR count). The maximum absolute atomic E-state index is 13.6. The van der Waals surface area contributed by atoms with Crippen molar-refractivity contribution in [1.82, 2.24) is 0 Å². The molecule has 0 saturated heterocycles. The van der Waals surface area contributed by atoms with Crippen LogP contribution in [0.4, 0.5) is 0 Å². The average Bonchev–Trinajstić information content (AvgIpc) is 2.72. The van der Waals surface area contributed by atoms with Crippen LogP contribution < -0.4 is 0 Å². The molecule has 2 aromatic carbocycles. The molecule has 0 heterocycles. The van der Waals surface area contributed by atoms with E-state index in [0.29, 0.717) is 13.0 Å². The molecule has 0 aromatic heterocycles. The van der Waals surface area contributed by atoms with Gasteiger partial charge in [-0.1, -0.05) is 109 Å². The van der Waals surface area contributed by atoms with Crippen LogP contribution >= 0.6 is 0 Å². The number of esters is 1. The molecule has 0 aliphatic rings. The maximum Gasteiger partial charge on any atom is 0.314 e. The van der Waals surface area contributed by atoms with E-state index >= 15 is 0 Å². The van der Waals surface area contributed by atoms with E-state index < -0.39 is 11.7 Å². The molecule has 31 heavy (non-hydrogen) atoms. The highest BCUT2D eigenvalue weighted by Crippen LogP contribution is 2.48. The highest BCUT2D eigenvalue weighted by atomic mass is 16.7. The summed E-state index contributed by atoms with van der Waals surface area (Å²) in [6.45, 7) is 15.4. The van der Waals surface area contributed by atoms with Gasteiger partial charge in [0.25, 0.3) is 0 Å². The summed E-state index contributed by atoms with van der Waals surface area (Å²) >= 11 is 0. The minimum Gasteiger partial charge on any atom is -0.435 e. The normalized spacial score (nSPS) is 15.2. The van der Waals surface area contributed by atoms with Crippen LogP contribution in [0.1, 0.15) is 72.4 Å². The van der Waals surface area contributed by atoms with Crippen molar-refractivity contribution in [3.63, 3.8) is 0 Å². The third-order valence-electron chi connectivity index (χ3n) is 6.66. The number of hydrogen-bond donors (Lipinski definition) is 0. The largest absolute Gasteiger partial charge is 0.435 e. The first kappa shape index (κ1) is 25.1. The number of hydrogen-bond acceptors (Lipinski definition) is 3. The molecule has 0 bridgehead atoms. The van der Waals surface area contributed by atoms with Gasteiger partial charge < -0.3 is 9.47 Å². The third kappa shape index (κ3) is 7.21. The molecule has 170 valence electrons. The third-order valence-corrected chi connectivity index (χ3v) is 6.66. The van der Waals surface area contributed by atoms with Gasteiger partial charge in [-0.3, -0.25) is 4.79 Å². The Bertz CT molecular complexity index is 805. The molecule has 0 aliphatic carbocycles. The van der Waals surface area contributed by atoms with Crippen molar-refractivity contribution in [2.45, 2.75) is 80.6 Å². The van der Waals surface area contributed by atoms with Gasteiger partial charge in [0, 0.05) is 6.42 Å². The van der Waals surface area contributed by atoms with Crippen LogP contribution in [-0.4, -0.2) is 12.3 Å². The van der Waals surface area contributed by atoms with Crippen LogP contribution in [0.3, 0.4) is 0 Å². The predicted molar refractivity (Wildman–Crippen MR) is 128 cm³/mol. The molecule has 2 unspecified atom stereocenters. The lowest BCUT2D eigenvalue weighted by molar-refractivity contribution is -0.200. The summed E-state index contributed by atoms with van der Waals surface area (Å²) < 4.78 is 12.2. The van der Waals surface area contributed by atoms with E-state index in [1.165, 1.54) is 0 Å². The fourth-order valence-corrected chi connectivity index (χ4v) is 3.68. The topological polar surface area (TPSA) is 35.5 Å². The first-order chi connectivity index (χ1) is 14.5. The summed E-state index contributed by atoms with van der Waals surface area (Å²) in [6.07, 6.45) is 1.65. The molecule has 3 heteroatoms. The zero-order valence-electron chi connectivity index (χ0n) is 20.4. The molecule has 0 fully saturated rings. The van der Waals surface area contributed by atoms with Gasteiger partial charge in [-0.2, -0.15) is 0 Å². The van der Waals surface area contributed by atoms with Crippen molar-refractivity contribution >= 4 is 5.97 Å². The zero-order chi connectivity index (χ0) is 23.1. The van der Waals surface area contributed by atoms with Gasteiger partial charge in [0.15, 0.2) is 0 Å². The maximum atomic E-state index is 13.6. The lowest BCUT2D eigenvalue weighted by Crippen LogP contribution is -2.46. The summed E-state index contributed by atoms with van der Waals surface area (Å²) in [5.41, 5.74) is 1.31. The van der Waals surface area contributed by atoms with Crippen LogP contribution in [0.5, 0.6) is 0 Å². The van der Waals surface area contributed by atoms with E-state index in [4.69, 9.17) is 9.47 Å². The molecule has 2 aromatic rings. The second-order valence-corrected chi connectivity index (χ2v) is 10.6. The summed E-state index contributed by atoms with van der Waals surface area (Å²) in [7, 11) is 0. The highest BCUT2D eigenvalue weighted by Gasteiger charge is 2.49. The number of rotatable bonds is 10. The van der Waals surface area contributed by atoms with Crippen LogP contribution in [0.25, 0.3) is 0 Å². The van der Waals surface area contributed by atoms with Gasteiger partial charge in [-0.25, -0.2) is 0 Å². The molecule has 0 amide bonds. The van der Waals surface area contributed by atoms with E-state index in [2.05, 4.69) is 41.5 Å². The van der Waals surface area contributed by atoms with Crippen molar-refractivity contribution in [2.24, 2.45) is 16.2 Å². The quantitative estimate of drug-likeness (QED) is 0.299. The number of ether oxygens (including phenoxy) is 2. The van der Waals surface area contributed by atoms with Gasteiger partial charge in [0.05, 0.1) is 12.0 Å². The van der Waals surface area contributed by atoms with Crippen molar-refractivity contribution in [1.29, 1.82) is 0 Å². The van der Waals surface area contributed by atoms with Crippen molar-refractivity contribution in [3.8, 4) is 0 Å². The number of carbonyl (C=O) groups excluding carboxylic acids is 1. The van der Waals surface area contributed by atoms with E-state index in [-0.39, 0.29) is 16.8 Å².